The highest BCUT2D eigenvalue weighted by Gasteiger charge is 2.22. The Bertz CT molecular complexity index is 1350. The number of anilines is 1. The number of carbonyl (C=O) groups is 1. The van der Waals surface area contributed by atoms with E-state index in [1.54, 1.807) is 48.3 Å². The molecule has 4 rings (SSSR count). The molecule has 0 atom stereocenters. The van der Waals surface area contributed by atoms with Gasteiger partial charge in [-0.15, -0.1) is 0 Å². The quantitative estimate of drug-likeness (QED) is 0.423. The Kier molecular flexibility index (Phi) is 5.97. The van der Waals surface area contributed by atoms with Crippen LogP contribution in [0.3, 0.4) is 0 Å². The number of nitrogens with zero attached hydrogens (tertiary/aromatic N) is 2. The monoisotopic (exact) mass is 444 g/mol. The molecule has 0 fully saturated rings. The van der Waals surface area contributed by atoms with Crippen molar-refractivity contribution < 1.29 is 13.2 Å². The molecule has 0 N–H and O–H groups in total. The fourth-order valence-corrected chi connectivity index (χ4v) is 4.80. The summed E-state index contributed by atoms with van der Waals surface area (Å²) < 4.78 is 27.1. The van der Waals surface area contributed by atoms with Crippen molar-refractivity contribution in [1.82, 2.24) is 4.90 Å². The number of carbonyl (C=O) groups excluding carboxylic acids is 1. The SMILES string of the molecule is CN(Cc1ccc2ccccc2c1)C(=O)c1ccc(S(=O)(=O)N(C)c2ccccc2)cc1. The molecular formula is C26H24N2O3S. The van der Waals surface area contributed by atoms with Gasteiger partial charge < -0.3 is 4.90 Å². The average Bonchev–Trinajstić information content (AvgIpc) is 2.83. The number of rotatable bonds is 6. The lowest BCUT2D eigenvalue weighted by atomic mass is 10.1. The third kappa shape index (κ3) is 4.36. The first-order valence-corrected chi connectivity index (χ1v) is 11.7. The summed E-state index contributed by atoms with van der Waals surface area (Å²) in [6, 6.07) is 29.2. The molecule has 0 unspecified atom stereocenters. The highest BCUT2D eigenvalue weighted by molar-refractivity contribution is 7.92. The van der Waals surface area contributed by atoms with Crippen molar-refractivity contribution in [3.05, 3.63) is 108 Å². The zero-order valence-electron chi connectivity index (χ0n) is 18.0. The second-order valence-electron chi connectivity index (χ2n) is 7.68. The van der Waals surface area contributed by atoms with Gasteiger partial charge in [-0.3, -0.25) is 9.10 Å². The van der Waals surface area contributed by atoms with Crippen molar-refractivity contribution >= 4 is 32.4 Å². The zero-order valence-corrected chi connectivity index (χ0v) is 18.8. The summed E-state index contributed by atoms with van der Waals surface area (Å²) in [4.78, 5) is 14.7. The normalized spacial score (nSPS) is 11.3. The van der Waals surface area contributed by atoms with Crippen molar-refractivity contribution in [2.75, 3.05) is 18.4 Å². The number of amides is 1. The van der Waals surface area contributed by atoms with E-state index in [0.717, 1.165) is 16.3 Å². The molecule has 0 radical (unpaired) electrons. The lowest BCUT2D eigenvalue weighted by Crippen LogP contribution is -2.27. The molecule has 0 spiro atoms. The number of hydrogen-bond acceptors (Lipinski definition) is 3. The molecule has 0 saturated carbocycles. The van der Waals surface area contributed by atoms with Crippen LogP contribution in [0.2, 0.25) is 0 Å². The average molecular weight is 445 g/mol. The molecule has 1 amide bonds. The molecule has 5 nitrogen and oxygen atoms in total. The van der Waals surface area contributed by atoms with Crippen LogP contribution >= 0.6 is 0 Å². The minimum atomic E-state index is -3.72. The molecule has 0 aliphatic rings. The Morgan fingerprint density at radius 3 is 2.06 bits per heavy atom. The van der Waals surface area contributed by atoms with Gasteiger partial charge in [0.05, 0.1) is 10.6 Å². The number of benzene rings is 4. The lowest BCUT2D eigenvalue weighted by Gasteiger charge is -2.20. The second kappa shape index (κ2) is 8.85. The summed E-state index contributed by atoms with van der Waals surface area (Å²) in [6.07, 6.45) is 0. The fourth-order valence-electron chi connectivity index (χ4n) is 3.61. The molecule has 0 saturated heterocycles. The van der Waals surface area contributed by atoms with E-state index in [-0.39, 0.29) is 10.8 Å². The summed E-state index contributed by atoms with van der Waals surface area (Å²) in [5.41, 5.74) is 2.04. The Morgan fingerprint density at radius 2 is 1.38 bits per heavy atom. The largest absolute Gasteiger partial charge is 0.337 e. The van der Waals surface area contributed by atoms with E-state index in [1.807, 2.05) is 36.4 Å². The van der Waals surface area contributed by atoms with Gasteiger partial charge in [0.2, 0.25) is 0 Å². The van der Waals surface area contributed by atoms with Crippen molar-refractivity contribution in [1.29, 1.82) is 0 Å². The summed E-state index contributed by atoms with van der Waals surface area (Å²) in [7, 11) is -0.459. The molecule has 162 valence electrons. The van der Waals surface area contributed by atoms with Crippen molar-refractivity contribution in [2.45, 2.75) is 11.4 Å². The first kappa shape index (κ1) is 21.6. The molecule has 4 aromatic rings. The summed E-state index contributed by atoms with van der Waals surface area (Å²) in [5, 5.41) is 2.28. The van der Waals surface area contributed by atoms with Crippen molar-refractivity contribution in [2.24, 2.45) is 0 Å². The lowest BCUT2D eigenvalue weighted by molar-refractivity contribution is 0.0785. The molecule has 0 bridgehead atoms. The van der Waals surface area contributed by atoms with Gasteiger partial charge in [0.15, 0.2) is 0 Å². The van der Waals surface area contributed by atoms with Crippen LogP contribution in [0, 0.1) is 0 Å². The minimum absolute atomic E-state index is 0.137. The third-order valence-corrected chi connectivity index (χ3v) is 7.26. The number of hydrogen-bond donors (Lipinski definition) is 0. The topological polar surface area (TPSA) is 57.7 Å². The highest BCUT2D eigenvalue weighted by Crippen LogP contribution is 2.22. The van der Waals surface area contributed by atoms with Crippen LogP contribution < -0.4 is 4.31 Å². The van der Waals surface area contributed by atoms with E-state index in [1.165, 1.54) is 23.5 Å². The van der Waals surface area contributed by atoms with Gasteiger partial charge in [-0.1, -0.05) is 54.6 Å². The molecule has 0 aromatic heterocycles. The standard InChI is InChI=1S/C26H24N2O3S/c1-27(19-20-12-13-21-8-6-7-9-23(21)18-20)26(29)22-14-16-25(17-15-22)32(30,31)28(2)24-10-4-3-5-11-24/h3-18H,19H2,1-2H3. The predicted molar refractivity (Wildman–Crippen MR) is 128 cm³/mol. The Balaban J connectivity index is 1.49. The zero-order chi connectivity index (χ0) is 22.7. The van der Waals surface area contributed by atoms with Crippen molar-refractivity contribution in [3.63, 3.8) is 0 Å². The molecule has 0 aliphatic carbocycles. The Morgan fingerprint density at radius 1 is 0.750 bits per heavy atom. The summed E-state index contributed by atoms with van der Waals surface area (Å²) in [5.74, 6) is -0.168. The maximum absolute atomic E-state index is 12.9. The van der Waals surface area contributed by atoms with Crippen LogP contribution in [0.4, 0.5) is 5.69 Å². The van der Waals surface area contributed by atoms with Crippen LogP contribution in [0.15, 0.2) is 102 Å². The maximum atomic E-state index is 12.9. The predicted octanol–water partition coefficient (Wildman–Crippen LogP) is 4.94. The van der Waals surface area contributed by atoms with E-state index in [0.29, 0.717) is 17.8 Å². The van der Waals surface area contributed by atoms with Crippen molar-refractivity contribution in [3.8, 4) is 0 Å². The molecule has 32 heavy (non-hydrogen) atoms. The smallest absolute Gasteiger partial charge is 0.264 e. The molecule has 0 aliphatic heterocycles. The van der Waals surface area contributed by atoms with E-state index in [4.69, 9.17) is 0 Å². The van der Waals surface area contributed by atoms with E-state index < -0.39 is 10.0 Å². The summed E-state index contributed by atoms with van der Waals surface area (Å²) in [6.45, 7) is 0.459. The fraction of sp³-hybridized carbons (Fsp3) is 0.115. The Hall–Kier alpha value is -3.64. The van der Waals surface area contributed by atoms with Gasteiger partial charge >= 0.3 is 0 Å². The number of sulfonamides is 1. The van der Waals surface area contributed by atoms with Crippen LogP contribution in [0.1, 0.15) is 15.9 Å². The van der Waals surface area contributed by atoms with Crippen LogP contribution in [0.5, 0.6) is 0 Å². The minimum Gasteiger partial charge on any atom is -0.337 e. The highest BCUT2D eigenvalue weighted by atomic mass is 32.2. The van der Waals surface area contributed by atoms with Gasteiger partial charge in [-0.05, 0) is 58.8 Å². The van der Waals surface area contributed by atoms with E-state index in [2.05, 4.69) is 12.1 Å². The van der Waals surface area contributed by atoms with E-state index in [9.17, 15) is 13.2 Å². The van der Waals surface area contributed by atoms with Gasteiger partial charge in [-0.2, -0.15) is 0 Å². The van der Waals surface area contributed by atoms with Crippen LogP contribution in [-0.4, -0.2) is 33.3 Å². The van der Waals surface area contributed by atoms with Crippen LogP contribution in [0.25, 0.3) is 10.8 Å². The van der Waals surface area contributed by atoms with Gasteiger partial charge in [0.1, 0.15) is 0 Å². The number of fused-ring (bicyclic) bond motifs is 1. The third-order valence-electron chi connectivity index (χ3n) is 5.46. The first-order chi connectivity index (χ1) is 15.4. The molecule has 0 heterocycles. The summed E-state index contributed by atoms with van der Waals surface area (Å²) >= 11 is 0. The molecular weight excluding hydrogens is 420 g/mol. The maximum Gasteiger partial charge on any atom is 0.264 e. The molecule has 4 aromatic carbocycles. The van der Waals surface area contributed by atoms with Gasteiger partial charge in [0, 0.05) is 26.2 Å². The first-order valence-electron chi connectivity index (χ1n) is 10.2. The number of para-hydroxylation sites is 1. The second-order valence-corrected chi connectivity index (χ2v) is 9.64. The van der Waals surface area contributed by atoms with E-state index >= 15 is 0 Å². The van der Waals surface area contributed by atoms with Gasteiger partial charge in [-0.25, -0.2) is 8.42 Å². The molecule has 6 heteroatoms. The Labute approximate surface area is 188 Å². The van der Waals surface area contributed by atoms with Crippen LogP contribution in [-0.2, 0) is 16.6 Å². The van der Waals surface area contributed by atoms with Gasteiger partial charge in [0.25, 0.3) is 15.9 Å².